The van der Waals surface area contributed by atoms with Crippen molar-refractivity contribution in [3.05, 3.63) is 34.9 Å². The number of ether oxygens (including phenoxy) is 1. The third-order valence-corrected chi connectivity index (χ3v) is 9.72. The SMILES string of the molecule is CCCCC1CN(C[C@@H](C)CC)C(=O)OC12CCN(C1CCN(C(=O)c3c(C)cccc3C)CC1)CC2.O=C(O)C(F)(F)F. The van der Waals surface area contributed by atoms with Crippen LogP contribution in [0, 0.1) is 25.7 Å². The first-order chi connectivity index (χ1) is 20.7. The lowest BCUT2D eigenvalue weighted by Crippen LogP contribution is -2.61. The Morgan fingerprint density at radius 2 is 1.64 bits per heavy atom. The number of alkyl halides is 3. The van der Waals surface area contributed by atoms with Crippen molar-refractivity contribution in [1.82, 2.24) is 14.7 Å². The van der Waals surface area contributed by atoms with E-state index in [0.717, 1.165) is 94.5 Å². The zero-order valence-electron chi connectivity index (χ0n) is 26.9. The fraction of sp³-hybridized carbons (Fsp3) is 0.727. The van der Waals surface area contributed by atoms with E-state index < -0.39 is 12.1 Å². The summed E-state index contributed by atoms with van der Waals surface area (Å²) in [5, 5.41) is 7.12. The van der Waals surface area contributed by atoms with Crippen LogP contribution in [-0.2, 0) is 9.53 Å². The van der Waals surface area contributed by atoms with E-state index in [4.69, 9.17) is 14.6 Å². The summed E-state index contributed by atoms with van der Waals surface area (Å²) in [5.41, 5.74) is 2.71. The number of carboxylic acid groups (broad SMARTS) is 1. The Hall–Kier alpha value is -2.82. The number of piperidine rings is 2. The second-order valence-electron chi connectivity index (χ2n) is 12.8. The van der Waals surface area contributed by atoms with Gasteiger partial charge < -0.3 is 19.6 Å². The van der Waals surface area contributed by atoms with Crippen LogP contribution < -0.4 is 0 Å². The van der Waals surface area contributed by atoms with Gasteiger partial charge in [-0.25, -0.2) is 9.59 Å². The van der Waals surface area contributed by atoms with Gasteiger partial charge in [-0.3, -0.25) is 9.69 Å². The predicted molar refractivity (Wildman–Crippen MR) is 163 cm³/mol. The predicted octanol–water partition coefficient (Wildman–Crippen LogP) is 6.68. The second kappa shape index (κ2) is 15.5. The van der Waals surface area contributed by atoms with Crippen LogP contribution in [0.15, 0.2) is 18.2 Å². The molecule has 4 rings (SSSR count). The van der Waals surface area contributed by atoms with Gasteiger partial charge in [0, 0.05) is 69.6 Å². The molecular weight excluding hydrogens is 575 g/mol. The zero-order valence-corrected chi connectivity index (χ0v) is 26.9. The maximum absolute atomic E-state index is 13.3. The number of hydrogen-bond donors (Lipinski definition) is 1. The highest BCUT2D eigenvalue weighted by molar-refractivity contribution is 5.97. The van der Waals surface area contributed by atoms with E-state index in [2.05, 4.69) is 25.7 Å². The van der Waals surface area contributed by atoms with E-state index in [1.54, 1.807) is 0 Å². The molecule has 1 unspecified atom stereocenters. The fourth-order valence-electron chi connectivity index (χ4n) is 6.81. The smallest absolute Gasteiger partial charge is 0.475 e. The number of carbonyl (C=O) groups excluding carboxylic acids is 2. The standard InChI is InChI=1S/C31H49N3O3.C2HF3O2/c1-6-8-12-26-22-34(21-23(3)7-2)30(36)37-31(26)15-19-32(20-16-31)27-13-17-33(18-14-27)29(35)28-24(4)10-9-11-25(28)5;3-2(4,5)1(6)7/h9-11,23,26-27H,6-8,12-22H2,1-5H3;(H,6,7)/t23-,26?;/m0./s1. The first-order valence-corrected chi connectivity index (χ1v) is 16.1. The van der Waals surface area contributed by atoms with E-state index >= 15 is 0 Å². The van der Waals surface area contributed by atoms with Crippen molar-refractivity contribution < 1.29 is 37.4 Å². The van der Waals surface area contributed by atoms with Crippen molar-refractivity contribution in [2.24, 2.45) is 11.8 Å². The molecule has 3 aliphatic heterocycles. The first-order valence-electron chi connectivity index (χ1n) is 16.1. The van der Waals surface area contributed by atoms with Crippen LogP contribution in [0.3, 0.4) is 0 Å². The second-order valence-corrected chi connectivity index (χ2v) is 12.8. The molecule has 3 fully saturated rings. The highest BCUT2D eigenvalue weighted by Gasteiger charge is 2.50. The molecule has 0 saturated carbocycles. The molecule has 2 atom stereocenters. The topological polar surface area (TPSA) is 90.4 Å². The zero-order chi connectivity index (χ0) is 32.7. The molecule has 0 radical (unpaired) electrons. The molecule has 3 aliphatic rings. The summed E-state index contributed by atoms with van der Waals surface area (Å²) in [6.45, 7) is 16.0. The van der Waals surface area contributed by atoms with E-state index in [1.807, 2.05) is 41.8 Å². The molecule has 8 nitrogen and oxygen atoms in total. The first kappa shape index (κ1) is 35.7. The van der Waals surface area contributed by atoms with Crippen LogP contribution in [0.2, 0.25) is 0 Å². The van der Waals surface area contributed by atoms with Crippen molar-refractivity contribution in [1.29, 1.82) is 0 Å². The minimum atomic E-state index is -5.08. The van der Waals surface area contributed by atoms with Crippen LogP contribution in [0.4, 0.5) is 18.0 Å². The summed E-state index contributed by atoms with van der Waals surface area (Å²) in [7, 11) is 0. The van der Waals surface area contributed by atoms with Gasteiger partial charge in [0.25, 0.3) is 5.91 Å². The van der Waals surface area contributed by atoms with Gasteiger partial charge in [-0.05, 0) is 50.2 Å². The lowest BCUT2D eigenvalue weighted by atomic mass is 9.75. The fourth-order valence-corrected chi connectivity index (χ4v) is 6.81. The molecule has 0 bridgehead atoms. The number of amides is 2. The number of unbranched alkanes of at least 4 members (excludes halogenated alkanes) is 1. The number of carboxylic acids is 1. The van der Waals surface area contributed by atoms with Gasteiger partial charge in [-0.15, -0.1) is 0 Å². The van der Waals surface area contributed by atoms with E-state index in [1.165, 1.54) is 12.8 Å². The summed E-state index contributed by atoms with van der Waals surface area (Å²) in [6.07, 6.45) is 3.32. The van der Waals surface area contributed by atoms with Gasteiger partial charge in [0.15, 0.2) is 0 Å². The summed E-state index contributed by atoms with van der Waals surface area (Å²) < 4.78 is 38.1. The number of carbonyl (C=O) groups is 3. The molecule has 1 aromatic rings. The van der Waals surface area contributed by atoms with Crippen molar-refractivity contribution in [3.8, 4) is 0 Å². The summed E-state index contributed by atoms with van der Waals surface area (Å²) in [5.74, 6) is -1.65. The molecule has 3 saturated heterocycles. The van der Waals surface area contributed by atoms with Crippen LogP contribution in [0.25, 0.3) is 0 Å². The molecule has 248 valence electrons. The number of likely N-dealkylation sites (tertiary alicyclic amines) is 2. The highest BCUT2D eigenvalue weighted by atomic mass is 19.4. The number of halogens is 3. The number of aliphatic carboxylic acids is 1. The molecule has 2 amide bonds. The molecule has 11 heteroatoms. The average Bonchev–Trinajstić information content (AvgIpc) is 2.98. The van der Waals surface area contributed by atoms with Gasteiger partial charge >= 0.3 is 18.2 Å². The molecule has 1 aromatic carbocycles. The van der Waals surface area contributed by atoms with E-state index in [-0.39, 0.29) is 17.6 Å². The van der Waals surface area contributed by atoms with E-state index in [9.17, 15) is 22.8 Å². The summed E-state index contributed by atoms with van der Waals surface area (Å²) >= 11 is 0. The van der Waals surface area contributed by atoms with Crippen molar-refractivity contribution in [3.63, 3.8) is 0 Å². The Kier molecular flexibility index (Phi) is 12.5. The Balaban J connectivity index is 0.000000676. The third-order valence-electron chi connectivity index (χ3n) is 9.72. The van der Waals surface area contributed by atoms with Gasteiger partial charge in [0.1, 0.15) is 5.60 Å². The number of nitrogens with zero attached hydrogens (tertiary/aromatic N) is 3. The number of aryl methyl sites for hydroxylation is 2. The molecule has 1 spiro atoms. The minimum Gasteiger partial charge on any atom is -0.475 e. The van der Waals surface area contributed by atoms with Gasteiger partial charge in [-0.1, -0.05) is 58.2 Å². The quantitative estimate of drug-likeness (QED) is 0.347. The number of benzene rings is 1. The maximum Gasteiger partial charge on any atom is 0.490 e. The largest absolute Gasteiger partial charge is 0.490 e. The summed E-state index contributed by atoms with van der Waals surface area (Å²) in [6, 6.07) is 6.60. The Morgan fingerprint density at radius 1 is 1.07 bits per heavy atom. The molecule has 0 aromatic heterocycles. The third kappa shape index (κ3) is 8.88. The Labute approximate surface area is 259 Å². The lowest BCUT2D eigenvalue weighted by Gasteiger charge is -2.52. The normalized spacial score (nSPS) is 21.8. The molecule has 1 N–H and O–H groups in total. The molecule has 44 heavy (non-hydrogen) atoms. The van der Waals surface area contributed by atoms with Crippen molar-refractivity contribution in [2.45, 2.75) is 104 Å². The monoisotopic (exact) mass is 625 g/mol. The molecular formula is C33H50F3N3O5. The molecule has 3 heterocycles. The van der Waals surface area contributed by atoms with Crippen LogP contribution >= 0.6 is 0 Å². The van der Waals surface area contributed by atoms with Crippen molar-refractivity contribution in [2.75, 3.05) is 39.3 Å². The van der Waals surface area contributed by atoms with Crippen LogP contribution in [0.1, 0.15) is 93.6 Å². The van der Waals surface area contributed by atoms with Crippen LogP contribution in [-0.4, -0.2) is 94.9 Å². The number of rotatable bonds is 8. The highest BCUT2D eigenvalue weighted by Crippen LogP contribution is 2.42. The average molecular weight is 626 g/mol. The Bertz CT molecular complexity index is 1110. The minimum absolute atomic E-state index is 0.0974. The summed E-state index contributed by atoms with van der Waals surface area (Å²) in [4.78, 5) is 41.8. The van der Waals surface area contributed by atoms with E-state index in [0.29, 0.717) is 17.9 Å². The number of hydrogen-bond acceptors (Lipinski definition) is 5. The van der Waals surface area contributed by atoms with Gasteiger partial charge in [-0.2, -0.15) is 13.2 Å². The van der Waals surface area contributed by atoms with Gasteiger partial charge in [0.05, 0.1) is 0 Å². The van der Waals surface area contributed by atoms with Gasteiger partial charge in [0.2, 0.25) is 0 Å². The molecule has 0 aliphatic carbocycles. The maximum atomic E-state index is 13.3. The van der Waals surface area contributed by atoms with Crippen molar-refractivity contribution >= 4 is 18.0 Å². The lowest BCUT2D eigenvalue weighted by molar-refractivity contribution is -0.192. The van der Waals surface area contributed by atoms with Crippen LogP contribution in [0.5, 0.6) is 0 Å². The Morgan fingerprint density at radius 3 is 2.14 bits per heavy atom.